The van der Waals surface area contributed by atoms with Crippen molar-refractivity contribution in [1.29, 1.82) is 0 Å². The monoisotopic (exact) mass is 404 g/mol. The van der Waals surface area contributed by atoms with Crippen LogP contribution in [0.3, 0.4) is 0 Å². The molecule has 138 valence electrons. The Morgan fingerprint density at radius 2 is 1.85 bits per heavy atom. The largest absolute Gasteiger partial charge is 0.484 e. The molecule has 0 radical (unpaired) electrons. The second-order valence-corrected chi connectivity index (χ2v) is 6.49. The summed E-state index contributed by atoms with van der Waals surface area (Å²) < 4.78 is 18.8. The van der Waals surface area contributed by atoms with Crippen molar-refractivity contribution in [2.75, 3.05) is 11.5 Å². The van der Waals surface area contributed by atoms with E-state index in [0.29, 0.717) is 22.2 Å². The smallest absolute Gasteiger partial charge is 0.266 e. The fraction of sp³-hybridized carbons (Fsp3) is 0.100. The highest BCUT2D eigenvalue weighted by molar-refractivity contribution is 6.31. The van der Waals surface area contributed by atoms with Crippen LogP contribution in [0.2, 0.25) is 10.0 Å². The molecule has 1 aromatic heterocycles. The third kappa shape index (κ3) is 5.18. The lowest BCUT2D eigenvalue weighted by molar-refractivity contribution is -0.120. The molecule has 0 fully saturated rings. The molecule has 2 aromatic carbocycles. The van der Waals surface area contributed by atoms with Gasteiger partial charge in [0.25, 0.3) is 5.91 Å². The lowest BCUT2D eigenvalue weighted by atomic mass is 10.2. The maximum atomic E-state index is 13.3. The lowest BCUT2D eigenvalue weighted by Gasteiger charge is -2.22. The van der Waals surface area contributed by atoms with E-state index in [1.54, 1.807) is 54.7 Å². The number of halogens is 3. The van der Waals surface area contributed by atoms with Gasteiger partial charge in [-0.05, 0) is 54.1 Å². The minimum Gasteiger partial charge on any atom is -0.484 e. The van der Waals surface area contributed by atoms with Crippen LogP contribution < -0.4 is 9.64 Å². The highest BCUT2D eigenvalue weighted by Gasteiger charge is 2.19. The number of nitrogens with zero attached hydrogens (tertiary/aromatic N) is 2. The molecule has 27 heavy (non-hydrogen) atoms. The number of aromatic nitrogens is 1. The van der Waals surface area contributed by atoms with Gasteiger partial charge in [0.05, 0.1) is 6.54 Å². The van der Waals surface area contributed by atoms with Crippen molar-refractivity contribution in [3.63, 3.8) is 0 Å². The Bertz CT molecular complexity index is 921. The SMILES string of the molecule is O=C(COc1ccc(Cl)cc1)N(Cc1ccc(F)cc1Cl)c1ccccn1. The van der Waals surface area contributed by atoms with Gasteiger partial charge in [0.2, 0.25) is 0 Å². The van der Waals surface area contributed by atoms with Gasteiger partial charge < -0.3 is 4.74 Å². The van der Waals surface area contributed by atoms with Crippen LogP contribution in [0.4, 0.5) is 10.2 Å². The maximum absolute atomic E-state index is 13.3. The number of hydrogen-bond acceptors (Lipinski definition) is 3. The summed E-state index contributed by atoms with van der Waals surface area (Å²) in [7, 11) is 0. The minimum absolute atomic E-state index is 0.138. The summed E-state index contributed by atoms with van der Waals surface area (Å²) in [5, 5.41) is 0.817. The molecule has 0 spiro atoms. The first-order valence-corrected chi connectivity index (χ1v) is 8.82. The van der Waals surface area contributed by atoms with Crippen molar-refractivity contribution in [2.24, 2.45) is 0 Å². The van der Waals surface area contributed by atoms with Crippen molar-refractivity contribution in [2.45, 2.75) is 6.54 Å². The van der Waals surface area contributed by atoms with E-state index in [-0.39, 0.29) is 24.1 Å². The van der Waals surface area contributed by atoms with Crippen molar-refractivity contribution in [3.8, 4) is 5.75 Å². The quantitative estimate of drug-likeness (QED) is 0.571. The van der Waals surface area contributed by atoms with E-state index in [1.165, 1.54) is 17.0 Å². The zero-order valence-electron chi connectivity index (χ0n) is 14.1. The number of pyridine rings is 1. The van der Waals surface area contributed by atoms with E-state index in [4.69, 9.17) is 27.9 Å². The Kier molecular flexibility index (Phi) is 6.27. The number of amides is 1. The molecule has 3 aromatic rings. The van der Waals surface area contributed by atoms with Crippen molar-refractivity contribution in [1.82, 2.24) is 4.98 Å². The number of benzene rings is 2. The topological polar surface area (TPSA) is 42.4 Å². The molecule has 0 aliphatic rings. The van der Waals surface area contributed by atoms with Gasteiger partial charge in [0, 0.05) is 16.2 Å². The summed E-state index contributed by atoms with van der Waals surface area (Å²) in [6.45, 7) is -0.0596. The molecular weight excluding hydrogens is 390 g/mol. The molecule has 0 N–H and O–H groups in total. The Labute approximate surface area is 166 Å². The molecule has 1 heterocycles. The van der Waals surface area contributed by atoms with Crippen LogP contribution in [0.15, 0.2) is 66.9 Å². The van der Waals surface area contributed by atoms with Crippen molar-refractivity contribution >= 4 is 34.9 Å². The van der Waals surface area contributed by atoms with E-state index in [1.807, 2.05) is 0 Å². The molecule has 4 nitrogen and oxygen atoms in total. The fourth-order valence-electron chi connectivity index (χ4n) is 2.38. The lowest BCUT2D eigenvalue weighted by Crippen LogP contribution is -2.35. The molecule has 0 aliphatic carbocycles. The maximum Gasteiger partial charge on any atom is 0.266 e. The summed E-state index contributed by atoms with van der Waals surface area (Å²) in [6, 6.07) is 16.0. The molecular formula is C20H15Cl2FN2O2. The third-order valence-corrected chi connectivity index (χ3v) is 4.35. The van der Waals surface area contributed by atoms with Gasteiger partial charge in [-0.25, -0.2) is 9.37 Å². The van der Waals surface area contributed by atoms with Crippen LogP contribution in [0, 0.1) is 5.82 Å². The third-order valence-electron chi connectivity index (χ3n) is 3.75. The second-order valence-electron chi connectivity index (χ2n) is 5.65. The molecule has 0 saturated heterocycles. The Hall–Kier alpha value is -2.63. The number of anilines is 1. The molecule has 0 bridgehead atoms. The Morgan fingerprint density at radius 3 is 2.52 bits per heavy atom. The van der Waals surface area contributed by atoms with Crippen LogP contribution in [-0.2, 0) is 11.3 Å². The standard InChI is InChI=1S/C20H15Cl2FN2O2/c21-15-5-8-17(9-6-15)27-13-20(26)25(19-3-1-2-10-24-19)12-14-4-7-16(23)11-18(14)22/h1-11H,12-13H2. The van der Waals surface area contributed by atoms with Gasteiger partial charge in [-0.3, -0.25) is 9.69 Å². The molecule has 0 unspecified atom stereocenters. The molecule has 0 atom stereocenters. The van der Waals surface area contributed by atoms with Crippen LogP contribution >= 0.6 is 23.2 Å². The summed E-state index contributed by atoms with van der Waals surface area (Å²) >= 11 is 12.0. The Morgan fingerprint density at radius 1 is 1.07 bits per heavy atom. The highest BCUT2D eigenvalue weighted by atomic mass is 35.5. The first kappa shape index (κ1) is 19.1. The Balaban J connectivity index is 1.79. The van der Waals surface area contributed by atoms with Gasteiger partial charge in [-0.15, -0.1) is 0 Å². The van der Waals surface area contributed by atoms with Gasteiger partial charge in [-0.2, -0.15) is 0 Å². The van der Waals surface area contributed by atoms with Crippen LogP contribution in [0.1, 0.15) is 5.56 Å². The summed E-state index contributed by atoms with van der Waals surface area (Å²) in [5.74, 6) is 0.214. The average Bonchev–Trinajstić information content (AvgIpc) is 2.67. The molecule has 0 aliphatic heterocycles. The first-order valence-electron chi connectivity index (χ1n) is 8.06. The molecule has 1 amide bonds. The number of carbonyl (C=O) groups is 1. The predicted molar refractivity (Wildman–Crippen MR) is 104 cm³/mol. The number of hydrogen-bond donors (Lipinski definition) is 0. The normalized spacial score (nSPS) is 10.5. The zero-order chi connectivity index (χ0) is 19.2. The van der Waals surface area contributed by atoms with Gasteiger partial charge >= 0.3 is 0 Å². The van der Waals surface area contributed by atoms with Crippen LogP contribution in [-0.4, -0.2) is 17.5 Å². The van der Waals surface area contributed by atoms with Gasteiger partial charge in [0.1, 0.15) is 17.4 Å². The van der Waals surface area contributed by atoms with E-state index < -0.39 is 5.82 Å². The summed E-state index contributed by atoms with van der Waals surface area (Å²) in [5.41, 5.74) is 0.601. The second kappa shape index (κ2) is 8.84. The van der Waals surface area contributed by atoms with E-state index in [2.05, 4.69) is 4.98 Å². The molecule has 0 saturated carbocycles. The highest BCUT2D eigenvalue weighted by Crippen LogP contribution is 2.22. The average molecular weight is 405 g/mol. The van der Waals surface area contributed by atoms with Gasteiger partial charge in [-0.1, -0.05) is 35.3 Å². The van der Waals surface area contributed by atoms with Gasteiger partial charge in [0.15, 0.2) is 6.61 Å². The van der Waals surface area contributed by atoms with E-state index in [0.717, 1.165) is 0 Å². The zero-order valence-corrected chi connectivity index (χ0v) is 15.6. The van der Waals surface area contributed by atoms with Crippen molar-refractivity contribution in [3.05, 3.63) is 88.3 Å². The predicted octanol–water partition coefficient (Wildman–Crippen LogP) is 5.14. The molecule has 3 rings (SSSR count). The summed E-state index contributed by atoms with van der Waals surface area (Å²) in [6.07, 6.45) is 1.59. The minimum atomic E-state index is -0.439. The van der Waals surface area contributed by atoms with Crippen LogP contribution in [0.25, 0.3) is 0 Å². The van der Waals surface area contributed by atoms with E-state index in [9.17, 15) is 9.18 Å². The fourth-order valence-corrected chi connectivity index (χ4v) is 2.74. The first-order chi connectivity index (χ1) is 13.0. The van der Waals surface area contributed by atoms with Crippen molar-refractivity contribution < 1.29 is 13.9 Å². The number of ether oxygens (including phenoxy) is 1. The number of rotatable bonds is 6. The van der Waals surface area contributed by atoms with E-state index >= 15 is 0 Å². The summed E-state index contributed by atoms with van der Waals surface area (Å²) in [4.78, 5) is 18.4. The number of carbonyl (C=O) groups excluding carboxylic acids is 1. The molecule has 7 heteroatoms. The van der Waals surface area contributed by atoms with Crippen LogP contribution in [0.5, 0.6) is 5.75 Å².